The Morgan fingerprint density at radius 1 is 0.828 bits per heavy atom. The van der Waals surface area contributed by atoms with Crippen molar-refractivity contribution in [2.45, 2.75) is 0 Å². The number of nitrogens with one attached hydrogen (secondary N) is 3. The molecule has 0 saturated carbocycles. The van der Waals surface area contributed by atoms with Crippen LogP contribution in [0.25, 0.3) is 0 Å². The van der Waals surface area contributed by atoms with Crippen LogP contribution in [0.15, 0.2) is 72.8 Å². The monoisotopic (exact) mass is 519 g/mol. The second-order valence-corrected chi connectivity index (χ2v) is 7.50. The van der Waals surface area contributed by atoms with Gasteiger partial charge in [-0.05, 0) is 89.4 Å². The highest BCUT2D eigenvalue weighted by molar-refractivity contribution is 14.1. The first kappa shape index (κ1) is 20.9. The Morgan fingerprint density at radius 3 is 2.28 bits per heavy atom. The van der Waals surface area contributed by atoms with Gasteiger partial charge in [0.1, 0.15) is 5.82 Å². The van der Waals surface area contributed by atoms with Crippen LogP contribution in [0.5, 0.6) is 0 Å². The molecule has 0 atom stereocenters. The van der Waals surface area contributed by atoms with Gasteiger partial charge in [0.25, 0.3) is 11.8 Å². The van der Waals surface area contributed by atoms with Crippen molar-refractivity contribution in [1.82, 2.24) is 5.32 Å². The van der Waals surface area contributed by atoms with Crippen LogP contribution < -0.4 is 16.0 Å². The summed E-state index contributed by atoms with van der Waals surface area (Å²) < 4.78 is 13.8. The Bertz CT molecular complexity index is 1070. The van der Waals surface area contributed by atoms with E-state index in [0.717, 1.165) is 3.57 Å². The van der Waals surface area contributed by atoms with Crippen molar-refractivity contribution in [2.24, 2.45) is 0 Å². The van der Waals surface area contributed by atoms with Crippen molar-refractivity contribution in [1.29, 1.82) is 0 Å². The molecule has 3 N–H and O–H groups in total. The number of halogens is 2. The summed E-state index contributed by atoms with van der Waals surface area (Å²) in [5.41, 5.74) is 1.93. The minimum absolute atomic E-state index is 0.116. The van der Waals surface area contributed by atoms with Crippen molar-refractivity contribution < 1.29 is 14.0 Å². The molecule has 5 nitrogen and oxygen atoms in total. The summed E-state index contributed by atoms with van der Waals surface area (Å²) in [5.74, 6) is -1.05. The molecule has 0 aliphatic carbocycles. The molecule has 0 fully saturated rings. The first-order valence-electron chi connectivity index (χ1n) is 8.46. The molecule has 0 heterocycles. The average Bonchev–Trinajstić information content (AvgIpc) is 2.70. The first-order valence-corrected chi connectivity index (χ1v) is 9.95. The van der Waals surface area contributed by atoms with Crippen molar-refractivity contribution in [3.63, 3.8) is 0 Å². The van der Waals surface area contributed by atoms with Gasteiger partial charge in [0.05, 0.1) is 5.56 Å². The molecule has 146 valence electrons. The molecule has 0 saturated heterocycles. The van der Waals surface area contributed by atoms with Gasteiger partial charge in [0.15, 0.2) is 5.11 Å². The number of amides is 2. The van der Waals surface area contributed by atoms with E-state index in [1.165, 1.54) is 24.3 Å². The van der Waals surface area contributed by atoms with Gasteiger partial charge in [-0.2, -0.15) is 0 Å². The Hall–Kier alpha value is -2.85. The molecule has 0 bridgehead atoms. The smallest absolute Gasteiger partial charge is 0.258 e. The summed E-state index contributed by atoms with van der Waals surface area (Å²) in [6.07, 6.45) is 0. The number of hydrogen-bond acceptors (Lipinski definition) is 3. The van der Waals surface area contributed by atoms with E-state index in [1.54, 1.807) is 36.4 Å². The van der Waals surface area contributed by atoms with E-state index < -0.39 is 0 Å². The van der Waals surface area contributed by atoms with Crippen molar-refractivity contribution in [3.8, 4) is 0 Å². The molecule has 29 heavy (non-hydrogen) atoms. The molecule has 0 aromatic heterocycles. The SMILES string of the molecule is O=C(Nc1ccc(F)cc1)c1cccc(NC(=S)NC(=O)c2ccccc2I)c1. The zero-order valence-electron chi connectivity index (χ0n) is 14.9. The average molecular weight is 519 g/mol. The number of anilines is 2. The second-order valence-electron chi connectivity index (χ2n) is 5.93. The highest BCUT2D eigenvalue weighted by Gasteiger charge is 2.12. The maximum Gasteiger partial charge on any atom is 0.258 e. The number of hydrogen-bond donors (Lipinski definition) is 3. The van der Waals surface area contributed by atoms with E-state index in [4.69, 9.17) is 12.2 Å². The number of carbonyl (C=O) groups is 2. The zero-order valence-corrected chi connectivity index (χ0v) is 17.9. The highest BCUT2D eigenvalue weighted by Crippen LogP contribution is 2.15. The van der Waals surface area contributed by atoms with Gasteiger partial charge in [0.2, 0.25) is 0 Å². The van der Waals surface area contributed by atoms with E-state index in [0.29, 0.717) is 22.5 Å². The molecular formula is C21H15FIN3O2S. The molecule has 0 spiro atoms. The van der Waals surface area contributed by atoms with Crippen molar-refractivity contribution in [2.75, 3.05) is 10.6 Å². The van der Waals surface area contributed by atoms with Crippen molar-refractivity contribution in [3.05, 3.63) is 93.3 Å². The van der Waals surface area contributed by atoms with Crippen molar-refractivity contribution >= 4 is 63.1 Å². The van der Waals surface area contributed by atoms with Crippen LogP contribution in [0.3, 0.4) is 0 Å². The summed E-state index contributed by atoms with van der Waals surface area (Å²) in [7, 11) is 0. The molecule has 3 aromatic carbocycles. The third-order valence-electron chi connectivity index (χ3n) is 3.83. The van der Waals surface area contributed by atoms with Gasteiger partial charge < -0.3 is 10.6 Å². The third-order valence-corrected chi connectivity index (χ3v) is 4.98. The topological polar surface area (TPSA) is 70.2 Å². The van der Waals surface area contributed by atoms with Crippen LogP contribution in [0.1, 0.15) is 20.7 Å². The molecular weight excluding hydrogens is 504 g/mol. The van der Waals surface area contributed by atoms with E-state index in [9.17, 15) is 14.0 Å². The standard InChI is InChI=1S/C21H15FIN3O2S/c22-14-8-10-15(11-9-14)24-19(27)13-4-3-5-16(12-13)25-21(29)26-20(28)17-6-1-2-7-18(17)23/h1-12H,(H,24,27)(H2,25,26,28,29). The fourth-order valence-corrected chi connectivity index (χ4v) is 3.30. The molecule has 2 amide bonds. The summed E-state index contributed by atoms with van der Waals surface area (Å²) >= 11 is 7.28. The Labute approximate surface area is 185 Å². The predicted molar refractivity (Wildman–Crippen MR) is 124 cm³/mol. The molecule has 0 radical (unpaired) electrons. The van der Waals surface area contributed by atoms with Gasteiger partial charge in [0, 0.05) is 20.5 Å². The largest absolute Gasteiger partial charge is 0.332 e. The molecule has 0 aliphatic heterocycles. The Morgan fingerprint density at radius 2 is 1.55 bits per heavy atom. The maximum absolute atomic E-state index is 13.0. The quantitative estimate of drug-likeness (QED) is 0.342. The van der Waals surface area contributed by atoms with E-state index in [-0.39, 0.29) is 22.7 Å². The van der Waals surface area contributed by atoms with Crippen LogP contribution >= 0.6 is 34.8 Å². The fourth-order valence-electron chi connectivity index (χ4n) is 2.45. The van der Waals surface area contributed by atoms with Gasteiger partial charge in [-0.3, -0.25) is 14.9 Å². The number of benzene rings is 3. The van der Waals surface area contributed by atoms with Gasteiger partial charge in [-0.1, -0.05) is 18.2 Å². The lowest BCUT2D eigenvalue weighted by Crippen LogP contribution is -2.34. The summed E-state index contributed by atoms with van der Waals surface area (Å²) in [4.78, 5) is 24.7. The number of carbonyl (C=O) groups excluding carboxylic acids is 2. The number of rotatable bonds is 4. The van der Waals surface area contributed by atoms with E-state index in [2.05, 4.69) is 38.5 Å². The Balaban J connectivity index is 1.63. The first-order chi connectivity index (χ1) is 13.9. The summed E-state index contributed by atoms with van der Waals surface area (Å²) in [6, 6.07) is 19.3. The van der Waals surface area contributed by atoms with Crippen LogP contribution in [-0.4, -0.2) is 16.9 Å². The number of thiocarbonyl (C=S) groups is 1. The fraction of sp³-hybridized carbons (Fsp3) is 0. The lowest BCUT2D eigenvalue weighted by Gasteiger charge is -2.11. The maximum atomic E-state index is 13.0. The predicted octanol–water partition coefficient (Wildman–Crippen LogP) is 4.81. The van der Waals surface area contributed by atoms with E-state index >= 15 is 0 Å². The molecule has 8 heteroatoms. The molecule has 3 aromatic rings. The van der Waals surface area contributed by atoms with Crippen LogP contribution in [0, 0.1) is 9.39 Å². The van der Waals surface area contributed by atoms with Crippen LogP contribution in [0.4, 0.5) is 15.8 Å². The second kappa shape index (κ2) is 9.57. The molecule has 0 aliphatic rings. The molecule has 0 unspecified atom stereocenters. The minimum atomic E-state index is -0.380. The van der Waals surface area contributed by atoms with E-state index in [1.807, 2.05) is 12.1 Å². The van der Waals surface area contributed by atoms with Crippen LogP contribution in [0.2, 0.25) is 0 Å². The summed E-state index contributed by atoms with van der Waals surface area (Å²) in [6.45, 7) is 0. The third kappa shape index (κ3) is 5.81. The minimum Gasteiger partial charge on any atom is -0.332 e. The van der Waals surface area contributed by atoms with Gasteiger partial charge in [-0.15, -0.1) is 0 Å². The van der Waals surface area contributed by atoms with Gasteiger partial charge in [-0.25, -0.2) is 4.39 Å². The van der Waals surface area contributed by atoms with Gasteiger partial charge >= 0.3 is 0 Å². The molecule has 3 rings (SSSR count). The lowest BCUT2D eigenvalue weighted by molar-refractivity contribution is 0.0975. The Kier molecular flexibility index (Phi) is 6.89. The highest BCUT2D eigenvalue weighted by atomic mass is 127. The van der Waals surface area contributed by atoms with Crippen LogP contribution in [-0.2, 0) is 0 Å². The summed E-state index contributed by atoms with van der Waals surface area (Å²) in [5, 5.41) is 8.32. The zero-order chi connectivity index (χ0) is 20.8. The lowest BCUT2D eigenvalue weighted by atomic mass is 10.2. The normalized spacial score (nSPS) is 10.1.